The average molecular weight is 468 g/mol. The van der Waals surface area contributed by atoms with Crippen molar-refractivity contribution in [3.8, 4) is 0 Å². The topological polar surface area (TPSA) is 75.7 Å². The highest BCUT2D eigenvalue weighted by Crippen LogP contribution is 2.33. The van der Waals surface area contributed by atoms with Crippen LogP contribution in [0.3, 0.4) is 0 Å². The molecule has 2 aromatic rings. The molecule has 1 aliphatic rings. The van der Waals surface area contributed by atoms with Crippen molar-refractivity contribution in [2.45, 2.75) is 19.8 Å². The van der Waals surface area contributed by atoms with Crippen LogP contribution in [0.15, 0.2) is 53.2 Å². The molecule has 6 nitrogen and oxygen atoms in total. The fourth-order valence-electron chi connectivity index (χ4n) is 2.78. The van der Waals surface area contributed by atoms with Crippen LogP contribution in [-0.2, 0) is 14.3 Å². The van der Waals surface area contributed by atoms with Gasteiger partial charge in [-0.25, -0.2) is 9.69 Å². The number of hydrogen-bond donors (Lipinski definition) is 1. The van der Waals surface area contributed by atoms with Gasteiger partial charge in [0.1, 0.15) is 10.7 Å². The number of esters is 1. The summed E-state index contributed by atoms with van der Waals surface area (Å²) in [5.74, 6) is -1.85. The maximum Gasteiger partial charge on any atom is 0.338 e. The number of imide groups is 1. The lowest BCUT2D eigenvalue weighted by atomic mass is 10.2. The summed E-state index contributed by atoms with van der Waals surface area (Å²) in [7, 11) is 0. The molecule has 0 fully saturated rings. The first-order valence-electron chi connectivity index (χ1n) is 9.10. The van der Waals surface area contributed by atoms with Crippen molar-refractivity contribution in [1.82, 2.24) is 0 Å². The highest BCUT2D eigenvalue weighted by Gasteiger charge is 2.39. The molecule has 0 atom stereocenters. The van der Waals surface area contributed by atoms with E-state index in [1.54, 1.807) is 18.2 Å². The number of benzene rings is 2. The van der Waals surface area contributed by atoms with Crippen LogP contribution in [0.4, 0.5) is 11.4 Å². The van der Waals surface area contributed by atoms with Crippen LogP contribution in [0.2, 0.25) is 10.0 Å². The maximum absolute atomic E-state index is 12.9. The molecule has 1 aliphatic heterocycles. The molecule has 2 aromatic carbocycles. The summed E-state index contributed by atoms with van der Waals surface area (Å²) in [6.07, 6.45) is 1.68. The molecule has 0 aliphatic carbocycles. The van der Waals surface area contributed by atoms with Gasteiger partial charge in [-0.3, -0.25) is 9.59 Å². The van der Waals surface area contributed by atoms with E-state index in [0.717, 1.165) is 17.7 Å². The van der Waals surface area contributed by atoms with Crippen molar-refractivity contribution in [2.24, 2.45) is 0 Å². The fourth-order valence-corrected chi connectivity index (χ4v) is 3.50. The molecule has 9 heteroatoms. The monoisotopic (exact) mass is 466 g/mol. The minimum atomic E-state index is -0.711. The SMILES string of the molecule is CCCCOC(=O)c1cccc(NC2=C(Cl)C(=O)N(c3cc(Cl)cc(Cl)c3)C2=O)c1. The van der Waals surface area contributed by atoms with Gasteiger partial charge < -0.3 is 10.1 Å². The molecule has 1 heterocycles. The summed E-state index contributed by atoms with van der Waals surface area (Å²) in [6, 6.07) is 10.7. The number of anilines is 2. The molecule has 0 radical (unpaired) electrons. The van der Waals surface area contributed by atoms with Crippen molar-refractivity contribution in [2.75, 3.05) is 16.8 Å². The highest BCUT2D eigenvalue weighted by atomic mass is 35.5. The third kappa shape index (κ3) is 4.78. The largest absolute Gasteiger partial charge is 0.462 e. The van der Waals surface area contributed by atoms with Gasteiger partial charge in [0, 0.05) is 15.7 Å². The normalized spacial score (nSPS) is 13.8. The van der Waals surface area contributed by atoms with Gasteiger partial charge >= 0.3 is 5.97 Å². The Bertz CT molecular complexity index is 1030. The minimum absolute atomic E-state index is 0.116. The minimum Gasteiger partial charge on any atom is -0.462 e. The number of carbonyl (C=O) groups is 3. The van der Waals surface area contributed by atoms with Gasteiger partial charge in [-0.1, -0.05) is 54.2 Å². The Hall–Kier alpha value is -2.54. The smallest absolute Gasteiger partial charge is 0.338 e. The van der Waals surface area contributed by atoms with Crippen LogP contribution in [0.5, 0.6) is 0 Å². The predicted molar refractivity (Wildman–Crippen MR) is 117 cm³/mol. The zero-order chi connectivity index (χ0) is 21.8. The molecule has 0 unspecified atom stereocenters. The Morgan fingerprint density at radius 2 is 1.73 bits per heavy atom. The fraction of sp³-hybridized carbons (Fsp3) is 0.190. The van der Waals surface area contributed by atoms with Crippen molar-refractivity contribution in [1.29, 1.82) is 0 Å². The first kappa shape index (κ1) is 22.2. The van der Waals surface area contributed by atoms with E-state index >= 15 is 0 Å². The summed E-state index contributed by atoms with van der Waals surface area (Å²) in [5.41, 5.74) is 0.795. The summed E-state index contributed by atoms with van der Waals surface area (Å²) in [4.78, 5) is 38.5. The summed E-state index contributed by atoms with van der Waals surface area (Å²) in [6.45, 7) is 2.32. The van der Waals surface area contributed by atoms with E-state index in [2.05, 4.69) is 5.32 Å². The molecule has 30 heavy (non-hydrogen) atoms. The van der Waals surface area contributed by atoms with Crippen LogP contribution in [0.25, 0.3) is 0 Å². The van der Waals surface area contributed by atoms with Gasteiger partial charge in [0.05, 0.1) is 17.9 Å². The van der Waals surface area contributed by atoms with E-state index in [1.807, 2.05) is 6.92 Å². The van der Waals surface area contributed by atoms with E-state index in [1.165, 1.54) is 24.3 Å². The average Bonchev–Trinajstić information content (AvgIpc) is 2.91. The molecule has 156 valence electrons. The van der Waals surface area contributed by atoms with E-state index in [-0.39, 0.29) is 26.5 Å². The summed E-state index contributed by atoms with van der Waals surface area (Å²) >= 11 is 18.1. The molecule has 0 saturated heterocycles. The van der Waals surface area contributed by atoms with Crippen LogP contribution in [-0.4, -0.2) is 24.4 Å². The second-order valence-corrected chi connectivity index (χ2v) is 7.71. The number of halogens is 3. The Morgan fingerprint density at radius 3 is 2.40 bits per heavy atom. The highest BCUT2D eigenvalue weighted by molar-refractivity contribution is 6.53. The van der Waals surface area contributed by atoms with E-state index in [9.17, 15) is 14.4 Å². The quantitative estimate of drug-likeness (QED) is 0.336. The van der Waals surface area contributed by atoms with Crippen LogP contribution >= 0.6 is 34.8 Å². The van der Waals surface area contributed by atoms with E-state index in [4.69, 9.17) is 39.5 Å². The molecular formula is C21H17Cl3N2O4. The number of nitrogens with one attached hydrogen (secondary N) is 1. The summed E-state index contributed by atoms with van der Waals surface area (Å²) in [5, 5.41) is 3.08. The van der Waals surface area contributed by atoms with Gasteiger partial charge in [0.25, 0.3) is 11.8 Å². The molecule has 1 N–H and O–H groups in total. The maximum atomic E-state index is 12.9. The third-order valence-corrected chi connectivity index (χ3v) is 5.02. The number of ether oxygens (including phenoxy) is 1. The number of unbranched alkanes of at least 4 members (excludes halogenated alkanes) is 1. The predicted octanol–water partition coefficient (Wildman–Crippen LogP) is 5.39. The first-order chi connectivity index (χ1) is 14.3. The summed E-state index contributed by atoms with van der Waals surface area (Å²) < 4.78 is 5.19. The molecule has 0 bridgehead atoms. The lowest BCUT2D eigenvalue weighted by Gasteiger charge is -2.16. The van der Waals surface area contributed by atoms with Crippen molar-refractivity contribution in [3.05, 3.63) is 68.8 Å². The standard InChI is InChI=1S/C21H17Cl3N2O4/c1-2-3-7-30-21(29)12-5-4-6-15(8-12)25-18-17(24)19(27)26(20(18)28)16-10-13(22)9-14(23)11-16/h4-6,8-11,25H,2-3,7H2,1H3. The third-order valence-electron chi connectivity index (χ3n) is 4.23. The Balaban J connectivity index is 1.81. The molecule has 0 saturated carbocycles. The van der Waals surface area contributed by atoms with Gasteiger partial charge in [0.2, 0.25) is 0 Å². The second kappa shape index (κ2) is 9.51. The van der Waals surface area contributed by atoms with E-state index in [0.29, 0.717) is 17.9 Å². The van der Waals surface area contributed by atoms with Crippen molar-refractivity contribution in [3.63, 3.8) is 0 Å². The Labute approximate surface area is 188 Å². The van der Waals surface area contributed by atoms with Gasteiger partial charge in [0.15, 0.2) is 0 Å². The van der Waals surface area contributed by atoms with Crippen LogP contribution < -0.4 is 10.2 Å². The van der Waals surface area contributed by atoms with Gasteiger partial charge in [-0.2, -0.15) is 0 Å². The van der Waals surface area contributed by atoms with Crippen molar-refractivity contribution >= 4 is 64.0 Å². The first-order valence-corrected chi connectivity index (χ1v) is 10.2. The number of amides is 2. The Morgan fingerprint density at radius 1 is 1.03 bits per heavy atom. The Kier molecular flexibility index (Phi) is 7.02. The molecule has 3 rings (SSSR count). The van der Waals surface area contributed by atoms with Gasteiger partial charge in [-0.15, -0.1) is 0 Å². The lowest BCUT2D eigenvalue weighted by Crippen LogP contribution is -2.32. The molecule has 0 spiro atoms. The van der Waals surface area contributed by atoms with Crippen molar-refractivity contribution < 1.29 is 19.1 Å². The number of carbonyl (C=O) groups excluding carboxylic acids is 3. The zero-order valence-corrected chi connectivity index (χ0v) is 18.1. The van der Waals surface area contributed by atoms with Gasteiger partial charge in [-0.05, 0) is 42.8 Å². The second-order valence-electron chi connectivity index (χ2n) is 6.46. The molecule has 2 amide bonds. The number of rotatable bonds is 7. The van der Waals surface area contributed by atoms with Crippen LogP contribution in [0, 0.1) is 0 Å². The zero-order valence-electron chi connectivity index (χ0n) is 15.9. The molecular weight excluding hydrogens is 451 g/mol. The number of nitrogens with zero attached hydrogens (tertiary/aromatic N) is 1. The lowest BCUT2D eigenvalue weighted by molar-refractivity contribution is -0.120. The number of hydrogen-bond acceptors (Lipinski definition) is 5. The molecule has 0 aromatic heterocycles. The van der Waals surface area contributed by atoms with E-state index < -0.39 is 17.8 Å². The van der Waals surface area contributed by atoms with Crippen LogP contribution in [0.1, 0.15) is 30.1 Å².